The first-order chi connectivity index (χ1) is 15.5. The van der Waals surface area contributed by atoms with Gasteiger partial charge in [-0.3, -0.25) is 14.7 Å². The molecule has 0 aliphatic carbocycles. The number of ether oxygens (including phenoxy) is 1. The number of amides is 1. The van der Waals surface area contributed by atoms with Crippen LogP contribution in [0, 0.1) is 0 Å². The van der Waals surface area contributed by atoms with Crippen molar-refractivity contribution >= 4 is 16.7 Å². The van der Waals surface area contributed by atoms with E-state index in [1.165, 1.54) is 6.20 Å². The summed E-state index contributed by atoms with van der Waals surface area (Å²) in [5.41, 5.74) is 1.78. The molecule has 32 heavy (non-hydrogen) atoms. The maximum atomic E-state index is 11.6. The van der Waals surface area contributed by atoms with Gasteiger partial charge in [-0.05, 0) is 42.1 Å². The number of carbonyl (C=O) groups excluding carboxylic acids is 1. The van der Waals surface area contributed by atoms with Gasteiger partial charge in [-0.1, -0.05) is 24.3 Å². The molecule has 3 aromatic rings. The van der Waals surface area contributed by atoms with Gasteiger partial charge in [0, 0.05) is 50.2 Å². The van der Waals surface area contributed by atoms with Crippen LogP contribution in [-0.4, -0.2) is 76.3 Å². The second kappa shape index (κ2) is 9.97. The predicted octanol–water partition coefficient (Wildman–Crippen LogP) is 2.90. The second-order valence-corrected chi connectivity index (χ2v) is 8.21. The molecular formula is C25H29N3O4. The number of aliphatic hydroxyl groups excluding tert-OH is 1. The van der Waals surface area contributed by atoms with Crippen LogP contribution >= 0.6 is 0 Å². The van der Waals surface area contributed by atoms with Crippen molar-refractivity contribution in [3.8, 4) is 22.6 Å². The quantitative estimate of drug-likeness (QED) is 0.619. The van der Waals surface area contributed by atoms with E-state index in [0.29, 0.717) is 18.8 Å². The van der Waals surface area contributed by atoms with Crippen molar-refractivity contribution < 1.29 is 19.7 Å². The number of hydrogen-bond acceptors (Lipinski definition) is 6. The van der Waals surface area contributed by atoms with Gasteiger partial charge in [-0.25, -0.2) is 0 Å². The SMILES string of the molecule is CC(=O)N1CCCN(CC(O)COc2ccc(-c3cncc(O)c3)c3ccccc23)CC1. The first kappa shape index (κ1) is 22.0. The highest BCUT2D eigenvalue weighted by molar-refractivity contribution is 6.00. The molecule has 168 valence electrons. The lowest BCUT2D eigenvalue weighted by atomic mass is 9.99. The Morgan fingerprint density at radius 2 is 1.91 bits per heavy atom. The summed E-state index contributed by atoms with van der Waals surface area (Å²) in [6.45, 7) is 5.37. The van der Waals surface area contributed by atoms with Crippen molar-refractivity contribution in [1.29, 1.82) is 0 Å². The molecule has 1 fully saturated rings. The highest BCUT2D eigenvalue weighted by Gasteiger charge is 2.19. The summed E-state index contributed by atoms with van der Waals surface area (Å²) in [5.74, 6) is 0.928. The molecule has 7 nitrogen and oxygen atoms in total. The molecule has 2 heterocycles. The van der Waals surface area contributed by atoms with Gasteiger partial charge in [0.1, 0.15) is 24.2 Å². The zero-order chi connectivity index (χ0) is 22.5. The summed E-state index contributed by atoms with van der Waals surface area (Å²) in [5, 5.41) is 22.3. The highest BCUT2D eigenvalue weighted by atomic mass is 16.5. The number of aliphatic hydroxyl groups is 1. The van der Waals surface area contributed by atoms with Crippen molar-refractivity contribution in [3.63, 3.8) is 0 Å². The van der Waals surface area contributed by atoms with Crippen molar-refractivity contribution in [1.82, 2.24) is 14.8 Å². The van der Waals surface area contributed by atoms with Crippen LogP contribution in [0.4, 0.5) is 0 Å². The summed E-state index contributed by atoms with van der Waals surface area (Å²) in [6, 6.07) is 13.4. The van der Waals surface area contributed by atoms with Crippen molar-refractivity contribution in [2.45, 2.75) is 19.4 Å². The molecule has 1 unspecified atom stereocenters. The van der Waals surface area contributed by atoms with Gasteiger partial charge in [0.05, 0.1) is 6.20 Å². The number of aromatic nitrogens is 1. The predicted molar refractivity (Wildman–Crippen MR) is 124 cm³/mol. The van der Waals surface area contributed by atoms with E-state index < -0.39 is 6.10 Å². The third kappa shape index (κ3) is 5.18. The summed E-state index contributed by atoms with van der Waals surface area (Å²) >= 11 is 0. The van der Waals surface area contributed by atoms with Crippen molar-refractivity contribution in [3.05, 3.63) is 54.9 Å². The topological polar surface area (TPSA) is 86.1 Å². The van der Waals surface area contributed by atoms with E-state index in [1.807, 2.05) is 41.3 Å². The molecule has 0 radical (unpaired) electrons. The van der Waals surface area contributed by atoms with Gasteiger partial charge in [-0.15, -0.1) is 0 Å². The minimum Gasteiger partial charge on any atom is -0.506 e. The minimum absolute atomic E-state index is 0.104. The van der Waals surface area contributed by atoms with Crippen LogP contribution in [0.1, 0.15) is 13.3 Å². The van der Waals surface area contributed by atoms with E-state index >= 15 is 0 Å². The van der Waals surface area contributed by atoms with E-state index in [4.69, 9.17) is 4.74 Å². The molecule has 1 aliphatic heterocycles. The number of fused-ring (bicyclic) bond motifs is 1. The number of hydrogen-bond donors (Lipinski definition) is 2. The number of aromatic hydroxyl groups is 1. The normalized spacial score (nSPS) is 16.0. The number of β-amino-alcohol motifs (C(OH)–C–C–N with tert-alkyl or cyclic N) is 1. The Labute approximate surface area is 187 Å². The summed E-state index contributed by atoms with van der Waals surface area (Å²) < 4.78 is 6.02. The van der Waals surface area contributed by atoms with E-state index in [2.05, 4.69) is 9.88 Å². The standard InChI is InChI=1S/C25H29N3O4/c1-18(29)28-10-4-9-27(11-12-28)16-21(31)17-32-25-8-7-22(19-13-20(30)15-26-14-19)23-5-2-3-6-24(23)25/h2-3,5-8,13-15,21,30-31H,4,9-12,16-17H2,1H3. The molecule has 1 atom stereocenters. The Kier molecular flexibility index (Phi) is 6.87. The third-order valence-corrected chi connectivity index (χ3v) is 5.85. The minimum atomic E-state index is -0.632. The van der Waals surface area contributed by atoms with Crippen molar-refractivity contribution in [2.24, 2.45) is 0 Å². The molecule has 1 aromatic heterocycles. The van der Waals surface area contributed by atoms with Gasteiger partial charge in [-0.2, -0.15) is 0 Å². The van der Waals surface area contributed by atoms with E-state index in [0.717, 1.165) is 48.0 Å². The first-order valence-electron chi connectivity index (χ1n) is 11.0. The lowest BCUT2D eigenvalue weighted by Gasteiger charge is -2.24. The fraction of sp³-hybridized carbons (Fsp3) is 0.360. The average molecular weight is 436 g/mol. The Morgan fingerprint density at radius 1 is 1.09 bits per heavy atom. The second-order valence-electron chi connectivity index (χ2n) is 8.21. The van der Waals surface area contributed by atoms with Gasteiger partial charge >= 0.3 is 0 Å². The molecule has 2 N–H and O–H groups in total. The lowest BCUT2D eigenvalue weighted by Crippen LogP contribution is -2.38. The van der Waals surface area contributed by atoms with Crippen LogP contribution in [0.15, 0.2) is 54.9 Å². The molecule has 1 aliphatic rings. The molecule has 1 saturated heterocycles. The van der Waals surface area contributed by atoms with Crippen LogP contribution in [0.5, 0.6) is 11.5 Å². The molecule has 1 amide bonds. The Bertz CT molecular complexity index is 1090. The fourth-order valence-corrected chi connectivity index (χ4v) is 4.23. The van der Waals surface area contributed by atoms with Crippen LogP contribution in [-0.2, 0) is 4.79 Å². The lowest BCUT2D eigenvalue weighted by molar-refractivity contribution is -0.128. The zero-order valence-corrected chi connectivity index (χ0v) is 18.3. The Morgan fingerprint density at radius 3 is 2.69 bits per heavy atom. The summed E-state index contributed by atoms with van der Waals surface area (Å²) in [6.07, 6.45) is 3.41. The summed E-state index contributed by atoms with van der Waals surface area (Å²) in [4.78, 5) is 19.7. The van der Waals surface area contributed by atoms with Gasteiger partial charge in [0.15, 0.2) is 0 Å². The highest BCUT2D eigenvalue weighted by Crippen LogP contribution is 2.35. The van der Waals surface area contributed by atoms with Crippen molar-refractivity contribution in [2.75, 3.05) is 39.3 Å². The smallest absolute Gasteiger partial charge is 0.219 e. The maximum absolute atomic E-state index is 11.6. The van der Waals surface area contributed by atoms with Crippen LogP contribution < -0.4 is 4.74 Å². The average Bonchev–Trinajstić information content (AvgIpc) is 3.03. The molecule has 4 rings (SSSR count). The van der Waals surface area contributed by atoms with Gasteiger partial charge < -0.3 is 19.8 Å². The van der Waals surface area contributed by atoms with Crippen LogP contribution in [0.3, 0.4) is 0 Å². The maximum Gasteiger partial charge on any atom is 0.219 e. The fourth-order valence-electron chi connectivity index (χ4n) is 4.23. The Balaban J connectivity index is 1.43. The summed E-state index contributed by atoms with van der Waals surface area (Å²) in [7, 11) is 0. The number of carbonyl (C=O) groups is 1. The third-order valence-electron chi connectivity index (χ3n) is 5.85. The largest absolute Gasteiger partial charge is 0.506 e. The van der Waals surface area contributed by atoms with E-state index in [9.17, 15) is 15.0 Å². The molecule has 0 saturated carbocycles. The van der Waals surface area contributed by atoms with Gasteiger partial charge in [0.2, 0.25) is 5.91 Å². The molecule has 0 spiro atoms. The molecule has 2 aromatic carbocycles. The van der Waals surface area contributed by atoms with E-state index in [-0.39, 0.29) is 18.3 Å². The number of nitrogens with zero attached hydrogens (tertiary/aromatic N) is 3. The van der Waals surface area contributed by atoms with Crippen LogP contribution in [0.25, 0.3) is 21.9 Å². The number of rotatable bonds is 6. The molecule has 0 bridgehead atoms. The van der Waals surface area contributed by atoms with Gasteiger partial charge in [0.25, 0.3) is 0 Å². The Hall–Kier alpha value is -3.16. The number of benzene rings is 2. The molecular weight excluding hydrogens is 406 g/mol. The zero-order valence-electron chi connectivity index (χ0n) is 18.3. The molecule has 7 heteroatoms. The number of pyridine rings is 1. The monoisotopic (exact) mass is 435 g/mol. The van der Waals surface area contributed by atoms with E-state index in [1.54, 1.807) is 19.2 Å². The van der Waals surface area contributed by atoms with Crippen LogP contribution in [0.2, 0.25) is 0 Å². The first-order valence-corrected chi connectivity index (χ1v) is 11.0.